The molecule has 10 heavy (non-hydrogen) atoms. The monoisotopic (exact) mass is 154 g/mol. The lowest BCUT2D eigenvalue weighted by Gasteiger charge is -1.96. The zero-order valence-corrected chi connectivity index (χ0v) is 6.15. The van der Waals surface area contributed by atoms with Crippen molar-refractivity contribution in [1.29, 1.82) is 0 Å². The van der Waals surface area contributed by atoms with E-state index in [1.165, 1.54) is 0 Å². The van der Waals surface area contributed by atoms with Gasteiger partial charge in [0.1, 0.15) is 0 Å². The van der Waals surface area contributed by atoms with Gasteiger partial charge in [0, 0.05) is 29.9 Å². The third-order valence-electron chi connectivity index (χ3n) is 1.68. The number of fused-ring (bicyclic) bond motifs is 1. The highest BCUT2D eigenvalue weighted by molar-refractivity contribution is 6.31. The van der Waals surface area contributed by atoms with E-state index in [0.29, 0.717) is 0 Å². The first kappa shape index (κ1) is 6.13. The molecular weight excluding hydrogens is 148 g/mol. The number of aromatic nitrogens is 1. The first-order chi connectivity index (χ1) is 4.88. The number of rotatable bonds is 0. The van der Waals surface area contributed by atoms with E-state index in [-0.39, 0.29) is 0 Å². The Bertz CT molecular complexity index is 260. The summed E-state index contributed by atoms with van der Waals surface area (Å²) in [5.41, 5.74) is 2.25. The first-order valence-corrected chi connectivity index (χ1v) is 3.58. The van der Waals surface area contributed by atoms with Crippen LogP contribution >= 0.6 is 11.6 Å². The Hall–Kier alpha value is -0.600. The number of nitrogens with one attached hydrogen (secondary N) is 1. The quantitative estimate of drug-likeness (QED) is 0.610. The molecule has 0 saturated carbocycles. The molecule has 0 aliphatic carbocycles. The minimum absolute atomic E-state index is 0.829. The summed E-state index contributed by atoms with van der Waals surface area (Å²) in [6.45, 7) is 1.72. The summed E-state index contributed by atoms with van der Waals surface area (Å²) in [6, 6.07) is 1.83. The Balaban J connectivity index is 2.59. The number of halogens is 1. The van der Waals surface area contributed by atoms with Crippen molar-refractivity contribution >= 4 is 11.6 Å². The zero-order valence-electron chi connectivity index (χ0n) is 5.39. The van der Waals surface area contributed by atoms with Gasteiger partial charge in [-0.25, -0.2) is 0 Å². The van der Waals surface area contributed by atoms with Crippen LogP contribution < -0.4 is 5.32 Å². The highest BCUT2D eigenvalue weighted by atomic mass is 35.5. The molecular formula is C7H7ClN2. The van der Waals surface area contributed by atoms with Crippen LogP contribution in [0.1, 0.15) is 11.3 Å². The molecule has 2 nitrogen and oxygen atoms in total. The van der Waals surface area contributed by atoms with Gasteiger partial charge in [0.05, 0.1) is 5.69 Å². The molecule has 0 spiro atoms. The lowest BCUT2D eigenvalue weighted by atomic mass is 10.2. The molecule has 0 saturated heterocycles. The third kappa shape index (κ3) is 0.805. The van der Waals surface area contributed by atoms with Crippen molar-refractivity contribution in [2.45, 2.75) is 13.1 Å². The fourth-order valence-corrected chi connectivity index (χ4v) is 1.39. The molecule has 1 aliphatic rings. The van der Waals surface area contributed by atoms with Crippen LogP contribution in [0.5, 0.6) is 0 Å². The smallest absolute Gasteiger partial charge is 0.0601 e. The maximum atomic E-state index is 5.89. The maximum Gasteiger partial charge on any atom is 0.0601 e. The summed E-state index contributed by atoms with van der Waals surface area (Å²) in [4.78, 5) is 4.17. The average Bonchev–Trinajstić information content (AvgIpc) is 2.36. The van der Waals surface area contributed by atoms with Crippen LogP contribution in [0, 0.1) is 0 Å². The third-order valence-corrected chi connectivity index (χ3v) is 2.04. The van der Waals surface area contributed by atoms with Crippen molar-refractivity contribution < 1.29 is 0 Å². The van der Waals surface area contributed by atoms with Crippen molar-refractivity contribution in [3.63, 3.8) is 0 Å². The molecule has 2 heterocycles. The first-order valence-electron chi connectivity index (χ1n) is 3.21. The SMILES string of the molecule is Clc1ccnc2c1CNC2. The molecule has 0 fully saturated rings. The second-order valence-electron chi connectivity index (χ2n) is 2.32. The second kappa shape index (κ2) is 2.22. The van der Waals surface area contributed by atoms with Gasteiger partial charge in [-0.2, -0.15) is 0 Å². The van der Waals surface area contributed by atoms with Gasteiger partial charge in [-0.05, 0) is 6.07 Å². The minimum Gasteiger partial charge on any atom is -0.307 e. The van der Waals surface area contributed by atoms with E-state index in [1.54, 1.807) is 6.20 Å². The molecule has 1 aliphatic heterocycles. The molecule has 1 aromatic heterocycles. The van der Waals surface area contributed by atoms with E-state index in [1.807, 2.05) is 6.07 Å². The molecule has 0 aromatic carbocycles. The maximum absolute atomic E-state index is 5.89. The summed E-state index contributed by atoms with van der Waals surface area (Å²) >= 11 is 5.89. The number of hydrogen-bond acceptors (Lipinski definition) is 2. The van der Waals surface area contributed by atoms with Crippen LogP contribution in [0.4, 0.5) is 0 Å². The van der Waals surface area contributed by atoms with Crippen LogP contribution in [0.2, 0.25) is 5.02 Å². The summed E-state index contributed by atoms with van der Waals surface area (Å²) in [5.74, 6) is 0. The summed E-state index contributed by atoms with van der Waals surface area (Å²) < 4.78 is 0. The molecule has 3 heteroatoms. The van der Waals surface area contributed by atoms with Gasteiger partial charge in [0.15, 0.2) is 0 Å². The lowest BCUT2D eigenvalue weighted by Crippen LogP contribution is -2.00. The lowest BCUT2D eigenvalue weighted by molar-refractivity contribution is 0.757. The van der Waals surface area contributed by atoms with Crippen molar-refractivity contribution in [3.8, 4) is 0 Å². The number of hydrogen-bond donors (Lipinski definition) is 1. The Morgan fingerprint density at radius 1 is 1.50 bits per heavy atom. The van der Waals surface area contributed by atoms with Crippen molar-refractivity contribution in [2.24, 2.45) is 0 Å². The van der Waals surface area contributed by atoms with Crippen LogP contribution in [0.25, 0.3) is 0 Å². The van der Waals surface area contributed by atoms with Crippen LogP contribution in [0.15, 0.2) is 12.3 Å². The molecule has 52 valence electrons. The highest BCUT2D eigenvalue weighted by Crippen LogP contribution is 2.21. The molecule has 0 amide bonds. The fourth-order valence-electron chi connectivity index (χ4n) is 1.15. The molecule has 2 rings (SSSR count). The highest BCUT2D eigenvalue weighted by Gasteiger charge is 2.12. The van der Waals surface area contributed by atoms with E-state index < -0.39 is 0 Å². The molecule has 0 atom stereocenters. The van der Waals surface area contributed by atoms with Gasteiger partial charge >= 0.3 is 0 Å². The normalized spacial score (nSPS) is 15.3. The summed E-state index contributed by atoms with van der Waals surface area (Å²) in [5, 5.41) is 4.01. The summed E-state index contributed by atoms with van der Waals surface area (Å²) in [7, 11) is 0. The number of pyridine rings is 1. The summed E-state index contributed by atoms with van der Waals surface area (Å²) in [6.07, 6.45) is 1.74. The van der Waals surface area contributed by atoms with Crippen LogP contribution in [0.3, 0.4) is 0 Å². The largest absolute Gasteiger partial charge is 0.307 e. The van der Waals surface area contributed by atoms with E-state index in [4.69, 9.17) is 11.6 Å². The Labute approximate surface area is 64.2 Å². The van der Waals surface area contributed by atoms with Crippen molar-refractivity contribution in [3.05, 3.63) is 28.5 Å². The van der Waals surface area contributed by atoms with Crippen LogP contribution in [-0.2, 0) is 13.1 Å². The van der Waals surface area contributed by atoms with Gasteiger partial charge in [-0.15, -0.1) is 0 Å². The minimum atomic E-state index is 0.829. The van der Waals surface area contributed by atoms with E-state index in [9.17, 15) is 0 Å². The van der Waals surface area contributed by atoms with Crippen LogP contribution in [-0.4, -0.2) is 4.98 Å². The molecule has 0 bridgehead atoms. The number of nitrogens with zero attached hydrogens (tertiary/aromatic N) is 1. The van der Waals surface area contributed by atoms with E-state index in [2.05, 4.69) is 10.3 Å². The average molecular weight is 155 g/mol. The Morgan fingerprint density at radius 2 is 2.40 bits per heavy atom. The Morgan fingerprint density at radius 3 is 3.20 bits per heavy atom. The van der Waals surface area contributed by atoms with Gasteiger partial charge < -0.3 is 5.32 Å². The van der Waals surface area contributed by atoms with Gasteiger partial charge in [-0.1, -0.05) is 11.6 Å². The standard InChI is InChI=1S/C7H7ClN2/c8-6-1-2-10-7-4-9-3-5(6)7/h1-2,9H,3-4H2. The zero-order chi connectivity index (χ0) is 6.97. The molecule has 0 radical (unpaired) electrons. The molecule has 1 N–H and O–H groups in total. The predicted molar refractivity (Wildman–Crippen MR) is 39.8 cm³/mol. The topological polar surface area (TPSA) is 24.9 Å². The van der Waals surface area contributed by atoms with Gasteiger partial charge in [0.25, 0.3) is 0 Å². The van der Waals surface area contributed by atoms with Gasteiger partial charge in [-0.3, -0.25) is 4.98 Å². The molecule has 0 unspecified atom stereocenters. The fraction of sp³-hybridized carbons (Fsp3) is 0.286. The van der Waals surface area contributed by atoms with Crippen molar-refractivity contribution in [2.75, 3.05) is 0 Å². The second-order valence-corrected chi connectivity index (χ2v) is 2.73. The van der Waals surface area contributed by atoms with E-state index >= 15 is 0 Å². The van der Waals surface area contributed by atoms with Crippen molar-refractivity contribution in [1.82, 2.24) is 10.3 Å². The van der Waals surface area contributed by atoms with E-state index in [0.717, 1.165) is 29.4 Å². The molecule has 1 aromatic rings. The Kier molecular flexibility index (Phi) is 1.36. The predicted octanol–water partition coefficient (Wildman–Crippen LogP) is 1.34. The van der Waals surface area contributed by atoms with Gasteiger partial charge in [0.2, 0.25) is 0 Å².